The summed E-state index contributed by atoms with van der Waals surface area (Å²) < 4.78 is 4.47. The molecule has 19 heavy (non-hydrogen) atoms. The third kappa shape index (κ3) is 4.67. The molecular weight excluding hydrogens is 300 g/mol. The molecule has 0 atom stereocenters. The third-order valence-corrected chi connectivity index (χ3v) is 3.10. The maximum atomic E-state index is 3.77. The Bertz CT molecular complexity index is 500. The van der Waals surface area contributed by atoms with Crippen LogP contribution in [0.1, 0.15) is 30.9 Å². The molecule has 0 N–H and O–H groups in total. The number of halogens is 1. The van der Waals surface area contributed by atoms with Gasteiger partial charge >= 0.3 is 0 Å². The Hall–Kier alpha value is -1.35. The minimum Gasteiger partial charge on any atom is -1.00 e. The Morgan fingerprint density at radius 2 is 2.00 bits per heavy atom. The van der Waals surface area contributed by atoms with Gasteiger partial charge in [0, 0.05) is 0 Å². The lowest BCUT2D eigenvalue weighted by Crippen LogP contribution is -3.00. The van der Waals surface area contributed by atoms with Gasteiger partial charge in [-0.1, -0.05) is 50.3 Å². The first-order valence-corrected chi connectivity index (χ1v) is 6.58. The minimum atomic E-state index is 0. The number of hydrogen-bond acceptors (Lipinski definition) is 0. The highest BCUT2D eigenvalue weighted by Gasteiger charge is 2.04. The molecule has 0 aliphatic rings. The third-order valence-electron chi connectivity index (χ3n) is 3.10. The zero-order valence-corrected chi connectivity index (χ0v) is 13.0. The fraction of sp³-hybridized carbons (Fsp3) is 0.312. The average Bonchev–Trinajstić information content (AvgIpc) is 2.85. The molecule has 2 aromatic rings. The molecule has 1 aromatic heterocycles. The molecule has 102 valence electrons. The molecule has 1 heterocycles. The van der Waals surface area contributed by atoms with Crippen molar-refractivity contribution in [2.75, 3.05) is 0 Å². The first-order chi connectivity index (χ1) is 8.81. The summed E-state index contributed by atoms with van der Waals surface area (Å²) in [6.07, 6.45) is 10.8. The number of aromatic nitrogens is 2. The molecule has 0 aliphatic carbocycles. The van der Waals surface area contributed by atoms with Crippen molar-refractivity contribution in [3.05, 3.63) is 60.7 Å². The van der Waals surface area contributed by atoms with E-state index >= 15 is 0 Å². The second kappa shape index (κ2) is 7.95. The van der Waals surface area contributed by atoms with Crippen LogP contribution in [0.15, 0.2) is 49.6 Å². The van der Waals surface area contributed by atoms with Crippen molar-refractivity contribution >= 4 is 6.08 Å². The van der Waals surface area contributed by atoms with Gasteiger partial charge in [0.1, 0.15) is 18.9 Å². The standard InChI is InChI=1S/C16H21N2.BrH/c1-3-5-10-17-11-12-18(14-17)13-16-8-6-15(4-2)7-9-16;/h4,6-9,11-12,14H,2-3,5,10,13H2,1H3;1H/q+1;/p-1. The monoisotopic (exact) mass is 320 g/mol. The Balaban J connectivity index is 0.00000180. The second-order valence-corrected chi connectivity index (χ2v) is 4.62. The van der Waals surface area contributed by atoms with Crippen LogP contribution in [0.3, 0.4) is 0 Å². The molecule has 0 spiro atoms. The molecule has 2 nitrogen and oxygen atoms in total. The van der Waals surface area contributed by atoms with Gasteiger partial charge in [-0.15, -0.1) is 0 Å². The van der Waals surface area contributed by atoms with Crippen molar-refractivity contribution in [1.29, 1.82) is 0 Å². The van der Waals surface area contributed by atoms with Gasteiger partial charge < -0.3 is 17.0 Å². The van der Waals surface area contributed by atoms with Gasteiger partial charge in [-0.05, 0) is 17.5 Å². The highest BCUT2D eigenvalue weighted by atomic mass is 79.9. The lowest BCUT2D eigenvalue weighted by Gasteiger charge is -1.99. The van der Waals surface area contributed by atoms with Gasteiger partial charge in [0.15, 0.2) is 0 Å². The van der Waals surface area contributed by atoms with Gasteiger partial charge in [0.25, 0.3) is 0 Å². The van der Waals surface area contributed by atoms with Gasteiger partial charge in [-0.3, -0.25) is 0 Å². The quantitative estimate of drug-likeness (QED) is 0.676. The molecule has 2 rings (SSSR count). The topological polar surface area (TPSA) is 8.81 Å². The van der Waals surface area contributed by atoms with Crippen LogP contribution in [0.25, 0.3) is 6.08 Å². The zero-order valence-electron chi connectivity index (χ0n) is 11.4. The van der Waals surface area contributed by atoms with Crippen LogP contribution < -0.4 is 21.5 Å². The van der Waals surface area contributed by atoms with Crippen LogP contribution in [-0.4, -0.2) is 4.57 Å². The fourth-order valence-corrected chi connectivity index (χ4v) is 1.98. The number of hydrogen-bond donors (Lipinski definition) is 0. The number of rotatable bonds is 6. The molecule has 0 saturated carbocycles. The molecule has 0 radical (unpaired) electrons. The largest absolute Gasteiger partial charge is 1.00 e. The van der Waals surface area contributed by atoms with Gasteiger partial charge in [-0.2, -0.15) is 0 Å². The van der Waals surface area contributed by atoms with Crippen molar-refractivity contribution < 1.29 is 21.5 Å². The van der Waals surface area contributed by atoms with E-state index in [9.17, 15) is 0 Å². The normalized spacial score (nSPS) is 9.95. The first-order valence-electron chi connectivity index (χ1n) is 6.58. The lowest BCUT2D eigenvalue weighted by molar-refractivity contribution is -0.687. The first kappa shape index (κ1) is 15.7. The van der Waals surface area contributed by atoms with E-state index in [-0.39, 0.29) is 17.0 Å². The van der Waals surface area contributed by atoms with E-state index in [4.69, 9.17) is 0 Å². The number of nitrogens with zero attached hydrogens (tertiary/aromatic N) is 2. The average molecular weight is 321 g/mol. The Labute approximate surface area is 126 Å². The van der Waals surface area contributed by atoms with Crippen LogP contribution in [0.2, 0.25) is 0 Å². The van der Waals surface area contributed by atoms with Crippen molar-refractivity contribution in [2.24, 2.45) is 0 Å². The highest BCUT2D eigenvalue weighted by molar-refractivity contribution is 5.47. The zero-order chi connectivity index (χ0) is 12.8. The van der Waals surface area contributed by atoms with E-state index in [2.05, 4.69) is 65.6 Å². The maximum absolute atomic E-state index is 3.77. The minimum absolute atomic E-state index is 0. The highest BCUT2D eigenvalue weighted by Crippen LogP contribution is 2.05. The Morgan fingerprint density at radius 1 is 1.26 bits per heavy atom. The fourth-order valence-electron chi connectivity index (χ4n) is 1.98. The molecule has 3 heteroatoms. The molecule has 0 unspecified atom stereocenters. The SMILES string of the molecule is C=Cc1ccc(C[n+]2ccn(CCCC)c2)cc1.[Br-]. The molecule has 1 aromatic carbocycles. The summed E-state index contributed by atoms with van der Waals surface area (Å²) >= 11 is 0. The van der Waals surface area contributed by atoms with Crippen LogP contribution >= 0.6 is 0 Å². The maximum Gasteiger partial charge on any atom is 0.244 e. The number of imidazole rings is 1. The molecule has 0 amide bonds. The summed E-state index contributed by atoms with van der Waals surface area (Å²) in [6.45, 7) is 8.03. The number of aryl methyl sites for hydroxylation is 1. The van der Waals surface area contributed by atoms with Crippen molar-refractivity contribution in [2.45, 2.75) is 32.9 Å². The predicted molar refractivity (Wildman–Crippen MR) is 75.2 cm³/mol. The van der Waals surface area contributed by atoms with E-state index in [1.54, 1.807) is 0 Å². The van der Waals surface area contributed by atoms with Crippen LogP contribution in [0.4, 0.5) is 0 Å². The van der Waals surface area contributed by atoms with E-state index < -0.39 is 0 Å². The van der Waals surface area contributed by atoms with Crippen LogP contribution in [-0.2, 0) is 13.1 Å². The summed E-state index contributed by atoms with van der Waals surface area (Å²) in [5, 5.41) is 0. The van der Waals surface area contributed by atoms with Crippen molar-refractivity contribution in [3.8, 4) is 0 Å². The summed E-state index contributed by atoms with van der Waals surface area (Å²) in [7, 11) is 0. The van der Waals surface area contributed by atoms with Gasteiger partial charge in [-0.25, -0.2) is 9.13 Å². The molecular formula is C16H21BrN2. The lowest BCUT2D eigenvalue weighted by atomic mass is 10.1. The van der Waals surface area contributed by atoms with E-state index in [0.29, 0.717) is 0 Å². The predicted octanol–water partition coefficient (Wildman–Crippen LogP) is 0.271. The molecule has 0 fully saturated rings. The summed E-state index contributed by atoms with van der Waals surface area (Å²) in [5.41, 5.74) is 2.49. The van der Waals surface area contributed by atoms with Crippen molar-refractivity contribution in [3.63, 3.8) is 0 Å². The van der Waals surface area contributed by atoms with Crippen molar-refractivity contribution in [1.82, 2.24) is 4.57 Å². The second-order valence-electron chi connectivity index (χ2n) is 4.62. The smallest absolute Gasteiger partial charge is 0.244 e. The number of unbranched alkanes of at least 4 members (excludes halogenated alkanes) is 1. The number of benzene rings is 1. The van der Waals surface area contributed by atoms with Crippen LogP contribution in [0, 0.1) is 0 Å². The Morgan fingerprint density at radius 3 is 2.63 bits per heavy atom. The molecule has 0 bridgehead atoms. The summed E-state index contributed by atoms with van der Waals surface area (Å²) in [6, 6.07) is 8.54. The van der Waals surface area contributed by atoms with Gasteiger partial charge in [0.05, 0.1) is 6.54 Å². The Kier molecular flexibility index (Phi) is 6.57. The summed E-state index contributed by atoms with van der Waals surface area (Å²) in [4.78, 5) is 0. The summed E-state index contributed by atoms with van der Waals surface area (Å²) in [5.74, 6) is 0. The van der Waals surface area contributed by atoms with Gasteiger partial charge in [0.2, 0.25) is 6.33 Å². The molecule has 0 aliphatic heterocycles. The van der Waals surface area contributed by atoms with E-state index in [0.717, 1.165) is 13.1 Å². The van der Waals surface area contributed by atoms with E-state index in [1.165, 1.54) is 24.0 Å². The van der Waals surface area contributed by atoms with E-state index in [1.807, 2.05) is 6.08 Å². The van der Waals surface area contributed by atoms with Crippen LogP contribution in [0.5, 0.6) is 0 Å². The molecule has 0 saturated heterocycles.